The molecule has 0 aliphatic heterocycles. The largest absolute Gasteiger partial charge is 0.497 e. The summed E-state index contributed by atoms with van der Waals surface area (Å²) in [6.45, 7) is 4.97. The van der Waals surface area contributed by atoms with E-state index in [1.807, 2.05) is 24.3 Å². The molecule has 0 fully saturated rings. The summed E-state index contributed by atoms with van der Waals surface area (Å²) in [5.41, 5.74) is 0.896. The fourth-order valence-electron chi connectivity index (χ4n) is 2.08. The molecular formula is C16H27NO2. The van der Waals surface area contributed by atoms with Crippen molar-refractivity contribution >= 4 is 0 Å². The van der Waals surface area contributed by atoms with Crippen molar-refractivity contribution in [3.63, 3.8) is 0 Å². The van der Waals surface area contributed by atoms with E-state index in [4.69, 9.17) is 4.74 Å². The minimum atomic E-state index is -0.483. The molecule has 2 unspecified atom stereocenters. The second-order valence-corrected chi connectivity index (χ2v) is 5.10. The number of aliphatic hydroxyl groups is 1. The van der Waals surface area contributed by atoms with E-state index in [2.05, 4.69) is 19.2 Å². The number of hydrogen-bond acceptors (Lipinski definition) is 3. The number of methoxy groups -OCH3 is 1. The van der Waals surface area contributed by atoms with Crippen LogP contribution in [0.2, 0.25) is 0 Å². The predicted molar refractivity (Wildman–Crippen MR) is 79.6 cm³/mol. The van der Waals surface area contributed by atoms with Gasteiger partial charge in [-0.1, -0.05) is 38.3 Å². The van der Waals surface area contributed by atoms with Gasteiger partial charge in [-0.25, -0.2) is 0 Å². The normalized spacial score (nSPS) is 14.1. The summed E-state index contributed by atoms with van der Waals surface area (Å²) in [6, 6.07) is 8.05. The quantitative estimate of drug-likeness (QED) is 0.673. The predicted octanol–water partition coefficient (Wildman–Crippen LogP) is 3.29. The fourth-order valence-corrected chi connectivity index (χ4v) is 2.08. The molecule has 0 amide bonds. The lowest BCUT2D eigenvalue weighted by atomic mass is 10.1. The maximum Gasteiger partial charge on any atom is 0.119 e. The van der Waals surface area contributed by atoms with E-state index in [9.17, 15) is 5.11 Å². The summed E-state index contributed by atoms with van der Waals surface area (Å²) >= 11 is 0. The average Bonchev–Trinajstić information content (AvgIpc) is 2.45. The van der Waals surface area contributed by atoms with Crippen molar-refractivity contribution in [2.24, 2.45) is 0 Å². The lowest BCUT2D eigenvalue weighted by Crippen LogP contribution is -2.30. The van der Waals surface area contributed by atoms with Crippen LogP contribution in [0.1, 0.15) is 51.2 Å². The minimum absolute atomic E-state index is 0.451. The van der Waals surface area contributed by atoms with Crippen LogP contribution in [0.4, 0.5) is 0 Å². The topological polar surface area (TPSA) is 41.5 Å². The Morgan fingerprint density at radius 3 is 2.79 bits per heavy atom. The number of hydrogen-bond donors (Lipinski definition) is 2. The van der Waals surface area contributed by atoms with Crippen LogP contribution in [-0.4, -0.2) is 24.8 Å². The van der Waals surface area contributed by atoms with Gasteiger partial charge in [-0.3, -0.25) is 0 Å². The van der Waals surface area contributed by atoms with Crippen molar-refractivity contribution in [3.05, 3.63) is 29.8 Å². The molecule has 19 heavy (non-hydrogen) atoms. The Morgan fingerprint density at radius 2 is 2.11 bits per heavy atom. The third-order valence-corrected chi connectivity index (χ3v) is 3.38. The fraction of sp³-hybridized carbons (Fsp3) is 0.625. The Balaban J connectivity index is 2.35. The van der Waals surface area contributed by atoms with Crippen molar-refractivity contribution in [2.75, 3.05) is 13.7 Å². The van der Waals surface area contributed by atoms with Crippen LogP contribution in [0.3, 0.4) is 0 Å². The Kier molecular flexibility index (Phi) is 7.53. The standard InChI is InChI=1S/C16H27NO2/c1-4-5-6-8-13(2)17-12-16(18)14-9-7-10-15(11-14)19-3/h7,9-11,13,16-18H,4-6,8,12H2,1-3H3. The lowest BCUT2D eigenvalue weighted by molar-refractivity contribution is 0.169. The van der Waals surface area contributed by atoms with Gasteiger partial charge in [-0.2, -0.15) is 0 Å². The molecule has 0 aliphatic carbocycles. The smallest absolute Gasteiger partial charge is 0.119 e. The maximum absolute atomic E-state index is 10.1. The summed E-state index contributed by atoms with van der Waals surface area (Å²) < 4.78 is 5.16. The number of aliphatic hydroxyl groups excluding tert-OH is 1. The van der Waals surface area contributed by atoms with E-state index in [1.54, 1.807) is 7.11 Å². The number of ether oxygens (including phenoxy) is 1. The summed E-state index contributed by atoms with van der Waals surface area (Å²) in [7, 11) is 1.64. The van der Waals surface area contributed by atoms with Gasteiger partial charge in [-0.05, 0) is 31.0 Å². The van der Waals surface area contributed by atoms with E-state index in [0.717, 1.165) is 11.3 Å². The first-order valence-electron chi connectivity index (χ1n) is 7.22. The molecule has 1 aromatic carbocycles. The molecule has 0 saturated carbocycles. The zero-order valence-corrected chi connectivity index (χ0v) is 12.4. The van der Waals surface area contributed by atoms with E-state index in [1.165, 1.54) is 25.7 Å². The average molecular weight is 265 g/mol. The van der Waals surface area contributed by atoms with Gasteiger partial charge in [0, 0.05) is 12.6 Å². The van der Waals surface area contributed by atoms with E-state index in [-0.39, 0.29) is 0 Å². The van der Waals surface area contributed by atoms with Gasteiger partial charge < -0.3 is 15.2 Å². The van der Waals surface area contributed by atoms with Gasteiger partial charge in [0.15, 0.2) is 0 Å². The Bertz CT molecular complexity index is 354. The SMILES string of the molecule is CCCCCC(C)NCC(O)c1cccc(OC)c1. The first-order chi connectivity index (χ1) is 9.17. The first kappa shape index (κ1) is 16.0. The molecule has 0 heterocycles. The van der Waals surface area contributed by atoms with Crippen molar-refractivity contribution in [2.45, 2.75) is 51.7 Å². The van der Waals surface area contributed by atoms with Crippen molar-refractivity contribution in [1.82, 2.24) is 5.32 Å². The van der Waals surface area contributed by atoms with Crippen LogP contribution < -0.4 is 10.1 Å². The van der Waals surface area contributed by atoms with E-state index in [0.29, 0.717) is 12.6 Å². The highest BCUT2D eigenvalue weighted by atomic mass is 16.5. The van der Waals surface area contributed by atoms with Gasteiger partial charge in [0.25, 0.3) is 0 Å². The molecule has 3 nitrogen and oxygen atoms in total. The summed E-state index contributed by atoms with van der Waals surface area (Å²) in [5, 5.41) is 13.5. The number of rotatable bonds is 9. The molecule has 0 radical (unpaired) electrons. The van der Waals surface area contributed by atoms with Gasteiger partial charge >= 0.3 is 0 Å². The molecule has 0 aliphatic rings. The third kappa shape index (κ3) is 6.08. The van der Waals surface area contributed by atoms with Crippen LogP contribution in [0, 0.1) is 0 Å². The van der Waals surface area contributed by atoms with Gasteiger partial charge in [0.1, 0.15) is 5.75 Å². The molecule has 2 N–H and O–H groups in total. The number of unbranched alkanes of at least 4 members (excludes halogenated alkanes) is 2. The molecule has 1 rings (SSSR count). The van der Waals surface area contributed by atoms with Crippen molar-refractivity contribution < 1.29 is 9.84 Å². The second kappa shape index (κ2) is 8.94. The van der Waals surface area contributed by atoms with Crippen LogP contribution in [-0.2, 0) is 0 Å². The molecule has 3 heteroatoms. The van der Waals surface area contributed by atoms with Gasteiger partial charge in [0.05, 0.1) is 13.2 Å². The number of nitrogens with one attached hydrogen (secondary N) is 1. The molecule has 1 aromatic rings. The molecule has 2 atom stereocenters. The summed E-state index contributed by atoms with van der Waals surface area (Å²) in [5.74, 6) is 0.785. The van der Waals surface area contributed by atoms with Gasteiger partial charge in [-0.15, -0.1) is 0 Å². The molecule has 0 saturated heterocycles. The van der Waals surface area contributed by atoms with Crippen LogP contribution >= 0.6 is 0 Å². The first-order valence-corrected chi connectivity index (χ1v) is 7.22. The van der Waals surface area contributed by atoms with Crippen LogP contribution in [0.5, 0.6) is 5.75 Å². The minimum Gasteiger partial charge on any atom is -0.497 e. The highest BCUT2D eigenvalue weighted by Gasteiger charge is 2.10. The third-order valence-electron chi connectivity index (χ3n) is 3.38. The van der Waals surface area contributed by atoms with Crippen LogP contribution in [0.25, 0.3) is 0 Å². The second-order valence-electron chi connectivity index (χ2n) is 5.10. The highest BCUT2D eigenvalue weighted by molar-refractivity contribution is 5.29. The van der Waals surface area contributed by atoms with Gasteiger partial charge in [0.2, 0.25) is 0 Å². The lowest BCUT2D eigenvalue weighted by Gasteiger charge is -2.17. The van der Waals surface area contributed by atoms with Crippen molar-refractivity contribution in [1.29, 1.82) is 0 Å². The Labute approximate surface area is 117 Å². The van der Waals surface area contributed by atoms with Crippen LogP contribution in [0.15, 0.2) is 24.3 Å². The molecule has 0 bridgehead atoms. The monoisotopic (exact) mass is 265 g/mol. The summed E-state index contributed by atoms with van der Waals surface area (Å²) in [4.78, 5) is 0. The zero-order valence-electron chi connectivity index (χ0n) is 12.4. The Morgan fingerprint density at radius 1 is 1.32 bits per heavy atom. The van der Waals surface area contributed by atoms with Crippen molar-refractivity contribution in [3.8, 4) is 5.75 Å². The maximum atomic E-state index is 10.1. The summed E-state index contributed by atoms with van der Waals surface area (Å²) in [6.07, 6.45) is 4.46. The van der Waals surface area contributed by atoms with E-state index >= 15 is 0 Å². The molecule has 0 aromatic heterocycles. The molecule has 0 spiro atoms. The van der Waals surface area contributed by atoms with E-state index < -0.39 is 6.10 Å². The highest BCUT2D eigenvalue weighted by Crippen LogP contribution is 2.18. The molecule has 108 valence electrons. The zero-order chi connectivity index (χ0) is 14.1. The molecular weight excluding hydrogens is 238 g/mol. The Hall–Kier alpha value is -1.06. The number of benzene rings is 1.